The molecule has 2 fully saturated rings. The van der Waals surface area contributed by atoms with E-state index in [1.807, 2.05) is 47.0 Å². The van der Waals surface area contributed by atoms with E-state index >= 15 is 0 Å². The lowest BCUT2D eigenvalue weighted by molar-refractivity contribution is -0.136. The Morgan fingerprint density at radius 2 is 2.19 bits per heavy atom. The molecule has 3 heterocycles. The highest BCUT2D eigenvalue weighted by molar-refractivity contribution is 7.99. The van der Waals surface area contributed by atoms with Crippen LogP contribution in [0.2, 0.25) is 0 Å². The molecule has 0 bridgehead atoms. The van der Waals surface area contributed by atoms with Gasteiger partial charge in [-0.3, -0.25) is 4.79 Å². The molecule has 0 saturated carbocycles. The van der Waals surface area contributed by atoms with Crippen molar-refractivity contribution in [2.45, 2.75) is 37.8 Å². The first-order chi connectivity index (χ1) is 12.8. The van der Waals surface area contributed by atoms with Gasteiger partial charge in [-0.15, -0.1) is 0 Å². The SMILES string of the molecule is O=C(CC1CSCCN1)N1CCCCC1c1nc(-c2ccccc2)no1. The quantitative estimate of drug-likeness (QED) is 0.890. The number of carbonyl (C=O) groups is 1. The maximum atomic E-state index is 12.9. The maximum absolute atomic E-state index is 12.9. The minimum absolute atomic E-state index is 0.0996. The second kappa shape index (κ2) is 8.22. The predicted molar refractivity (Wildman–Crippen MR) is 102 cm³/mol. The number of hydrogen-bond acceptors (Lipinski definition) is 6. The molecule has 0 aliphatic carbocycles. The van der Waals surface area contributed by atoms with Crippen molar-refractivity contribution in [1.82, 2.24) is 20.4 Å². The molecule has 1 aromatic heterocycles. The molecule has 2 unspecified atom stereocenters. The molecule has 2 atom stereocenters. The van der Waals surface area contributed by atoms with Gasteiger partial charge in [-0.2, -0.15) is 16.7 Å². The van der Waals surface area contributed by atoms with Gasteiger partial charge in [0.1, 0.15) is 6.04 Å². The number of piperidine rings is 1. The number of hydrogen-bond donors (Lipinski definition) is 1. The standard InChI is InChI=1S/C19H24N4O2S/c24-17(12-15-13-26-11-9-20-15)23-10-5-4-8-16(23)19-21-18(22-25-19)14-6-2-1-3-7-14/h1-3,6-7,15-16,20H,4-5,8-13H2. The van der Waals surface area contributed by atoms with Crippen molar-refractivity contribution < 1.29 is 9.32 Å². The van der Waals surface area contributed by atoms with Gasteiger partial charge in [-0.25, -0.2) is 0 Å². The molecule has 7 heteroatoms. The largest absolute Gasteiger partial charge is 0.337 e. The van der Waals surface area contributed by atoms with E-state index in [-0.39, 0.29) is 18.0 Å². The summed E-state index contributed by atoms with van der Waals surface area (Å²) in [6.07, 6.45) is 3.54. The number of aromatic nitrogens is 2. The highest BCUT2D eigenvalue weighted by atomic mass is 32.2. The normalized spacial score (nSPS) is 23.8. The van der Waals surface area contributed by atoms with E-state index in [2.05, 4.69) is 15.5 Å². The van der Waals surface area contributed by atoms with E-state index < -0.39 is 0 Å². The van der Waals surface area contributed by atoms with Crippen LogP contribution in [0.5, 0.6) is 0 Å². The summed E-state index contributed by atoms with van der Waals surface area (Å²) in [4.78, 5) is 19.5. The number of nitrogens with one attached hydrogen (secondary N) is 1. The Bertz CT molecular complexity index is 730. The number of nitrogens with zero attached hydrogens (tertiary/aromatic N) is 3. The van der Waals surface area contributed by atoms with Gasteiger partial charge in [0.2, 0.25) is 17.6 Å². The van der Waals surface area contributed by atoms with Gasteiger partial charge in [-0.1, -0.05) is 35.5 Å². The molecule has 0 spiro atoms. The summed E-state index contributed by atoms with van der Waals surface area (Å²) < 4.78 is 5.55. The minimum Gasteiger partial charge on any atom is -0.337 e. The summed E-state index contributed by atoms with van der Waals surface area (Å²) in [7, 11) is 0. The van der Waals surface area contributed by atoms with Gasteiger partial charge in [0.05, 0.1) is 0 Å². The van der Waals surface area contributed by atoms with Crippen LogP contribution in [0.4, 0.5) is 0 Å². The zero-order valence-electron chi connectivity index (χ0n) is 14.8. The summed E-state index contributed by atoms with van der Waals surface area (Å²) in [5.74, 6) is 3.46. The van der Waals surface area contributed by atoms with Gasteiger partial charge < -0.3 is 14.7 Å². The Labute approximate surface area is 157 Å². The number of rotatable bonds is 4. The van der Waals surface area contributed by atoms with Crippen LogP contribution in [-0.2, 0) is 4.79 Å². The summed E-state index contributed by atoms with van der Waals surface area (Å²) in [5, 5.41) is 7.58. The van der Waals surface area contributed by atoms with Crippen molar-refractivity contribution >= 4 is 17.7 Å². The molecule has 1 N–H and O–H groups in total. The molecule has 1 aromatic carbocycles. The monoisotopic (exact) mass is 372 g/mol. The Balaban J connectivity index is 1.48. The molecule has 1 amide bonds. The summed E-state index contributed by atoms with van der Waals surface area (Å²) in [6, 6.07) is 9.97. The van der Waals surface area contributed by atoms with Crippen molar-refractivity contribution in [2.24, 2.45) is 0 Å². The fourth-order valence-electron chi connectivity index (χ4n) is 3.64. The Morgan fingerprint density at radius 3 is 3.00 bits per heavy atom. The van der Waals surface area contributed by atoms with Crippen LogP contribution < -0.4 is 5.32 Å². The van der Waals surface area contributed by atoms with Crippen molar-refractivity contribution in [2.75, 3.05) is 24.6 Å². The van der Waals surface area contributed by atoms with Gasteiger partial charge in [0, 0.05) is 42.6 Å². The molecule has 6 nitrogen and oxygen atoms in total. The summed E-state index contributed by atoms with van der Waals surface area (Å²) in [5.41, 5.74) is 0.930. The molecule has 26 heavy (non-hydrogen) atoms. The molecule has 2 saturated heterocycles. The van der Waals surface area contributed by atoms with Crippen LogP contribution in [0.3, 0.4) is 0 Å². The first-order valence-electron chi connectivity index (χ1n) is 9.31. The van der Waals surface area contributed by atoms with Gasteiger partial charge in [0.25, 0.3) is 0 Å². The molecule has 2 aliphatic rings. The third kappa shape index (κ3) is 3.94. The highest BCUT2D eigenvalue weighted by Gasteiger charge is 2.33. The summed E-state index contributed by atoms with van der Waals surface area (Å²) >= 11 is 1.92. The van der Waals surface area contributed by atoms with Crippen molar-refractivity contribution in [3.63, 3.8) is 0 Å². The lowest BCUT2D eigenvalue weighted by Crippen LogP contribution is -2.45. The third-order valence-corrected chi connectivity index (χ3v) is 6.13. The Hall–Kier alpha value is -1.86. The van der Waals surface area contributed by atoms with Crippen molar-refractivity contribution in [3.8, 4) is 11.4 Å². The molecule has 4 rings (SSSR count). The van der Waals surface area contributed by atoms with Crippen LogP contribution >= 0.6 is 11.8 Å². The predicted octanol–water partition coefficient (Wildman–Crippen LogP) is 2.89. The fourth-order valence-corrected chi connectivity index (χ4v) is 4.59. The van der Waals surface area contributed by atoms with E-state index in [1.165, 1.54) is 0 Å². The number of likely N-dealkylation sites (tertiary alicyclic amines) is 1. The van der Waals surface area contributed by atoms with E-state index in [0.717, 1.165) is 49.4 Å². The number of amides is 1. The second-order valence-electron chi connectivity index (χ2n) is 6.85. The van der Waals surface area contributed by atoms with Crippen LogP contribution in [-0.4, -0.2) is 51.6 Å². The first kappa shape index (κ1) is 17.5. The van der Waals surface area contributed by atoms with Crippen molar-refractivity contribution in [3.05, 3.63) is 36.2 Å². The third-order valence-electron chi connectivity index (χ3n) is 5.00. The zero-order valence-corrected chi connectivity index (χ0v) is 15.6. The first-order valence-corrected chi connectivity index (χ1v) is 10.5. The second-order valence-corrected chi connectivity index (χ2v) is 8.00. The molecule has 2 aromatic rings. The zero-order chi connectivity index (χ0) is 17.8. The molecular formula is C19H24N4O2S. The highest BCUT2D eigenvalue weighted by Crippen LogP contribution is 2.32. The van der Waals surface area contributed by atoms with E-state index in [0.29, 0.717) is 18.1 Å². The molecule has 138 valence electrons. The van der Waals surface area contributed by atoms with Gasteiger partial charge in [-0.05, 0) is 19.3 Å². The number of benzene rings is 1. The van der Waals surface area contributed by atoms with Crippen LogP contribution in [0.1, 0.15) is 37.6 Å². The smallest absolute Gasteiger partial charge is 0.249 e. The number of carbonyl (C=O) groups excluding carboxylic acids is 1. The van der Waals surface area contributed by atoms with E-state index in [4.69, 9.17) is 4.52 Å². The summed E-state index contributed by atoms with van der Waals surface area (Å²) in [6.45, 7) is 1.75. The molecule has 2 aliphatic heterocycles. The van der Waals surface area contributed by atoms with Crippen LogP contribution in [0, 0.1) is 0 Å². The Kier molecular flexibility index (Phi) is 5.55. The average Bonchev–Trinajstić information content (AvgIpc) is 3.19. The van der Waals surface area contributed by atoms with Crippen LogP contribution in [0.25, 0.3) is 11.4 Å². The maximum Gasteiger partial charge on any atom is 0.249 e. The minimum atomic E-state index is -0.0996. The average molecular weight is 372 g/mol. The lowest BCUT2D eigenvalue weighted by Gasteiger charge is -2.35. The van der Waals surface area contributed by atoms with Gasteiger partial charge in [0.15, 0.2) is 0 Å². The topological polar surface area (TPSA) is 71.3 Å². The lowest BCUT2D eigenvalue weighted by atomic mass is 10.0. The van der Waals surface area contributed by atoms with E-state index in [1.54, 1.807) is 0 Å². The molecule has 0 radical (unpaired) electrons. The molecular weight excluding hydrogens is 348 g/mol. The Morgan fingerprint density at radius 1 is 1.31 bits per heavy atom. The van der Waals surface area contributed by atoms with E-state index in [9.17, 15) is 4.79 Å². The van der Waals surface area contributed by atoms with Crippen LogP contribution in [0.15, 0.2) is 34.9 Å². The van der Waals surface area contributed by atoms with Crippen molar-refractivity contribution in [1.29, 1.82) is 0 Å². The fraction of sp³-hybridized carbons (Fsp3) is 0.526. The number of thioether (sulfide) groups is 1. The van der Waals surface area contributed by atoms with Gasteiger partial charge >= 0.3 is 0 Å².